The zero-order valence-corrected chi connectivity index (χ0v) is 7.89. The summed E-state index contributed by atoms with van der Waals surface area (Å²) in [5.74, 6) is -0.687. The Balaban J connectivity index is 3.00. The van der Waals surface area contributed by atoms with E-state index in [4.69, 9.17) is 11.0 Å². The molecular weight excluding hydrogens is 184 g/mol. The van der Waals surface area contributed by atoms with E-state index in [2.05, 4.69) is 0 Å². The second-order valence-corrected chi connectivity index (χ2v) is 3.80. The second kappa shape index (κ2) is 3.87. The second-order valence-electron chi connectivity index (χ2n) is 2.48. The van der Waals surface area contributed by atoms with Crippen LogP contribution in [-0.2, 0) is 4.79 Å². The first-order chi connectivity index (χ1) is 6.13. The Morgan fingerprint density at radius 1 is 1.69 bits per heavy atom. The molecule has 13 heavy (non-hydrogen) atoms. The third-order valence-corrected chi connectivity index (χ3v) is 2.38. The van der Waals surface area contributed by atoms with Gasteiger partial charge in [-0.2, -0.15) is 5.26 Å². The van der Waals surface area contributed by atoms with Crippen molar-refractivity contribution in [3.63, 3.8) is 0 Å². The fraction of sp³-hybridized carbons (Fsp3) is 0.111. The van der Waals surface area contributed by atoms with Crippen molar-refractivity contribution in [1.82, 2.24) is 0 Å². The van der Waals surface area contributed by atoms with Crippen LogP contribution >= 0.6 is 11.3 Å². The van der Waals surface area contributed by atoms with Crippen LogP contribution in [0.4, 0.5) is 0 Å². The summed E-state index contributed by atoms with van der Waals surface area (Å²) in [5, 5.41) is 8.55. The molecule has 0 aromatic carbocycles. The number of amides is 1. The Morgan fingerprint density at radius 2 is 2.38 bits per heavy atom. The van der Waals surface area contributed by atoms with Gasteiger partial charge in [0.05, 0.1) is 0 Å². The lowest BCUT2D eigenvalue weighted by Crippen LogP contribution is -2.12. The highest BCUT2D eigenvalue weighted by molar-refractivity contribution is 7.12. The Hall–Kier alpha value is -1.60. The minimum atomic E-state index is -0.687. The fourth-order valence-corrected chi connectivity index (χ4v) is 1.65. The topological polar surface area (TPSA) is 66.9 Å². The van der Waals surface area contributed by atoms with Crippen molar-refractivity contribution in [2.24, 2.45) is 5.73 Å². The number of nitrogens with zero attached hydrogens (tertiary/aromatic N) is 1. The van der Waals surface area contributed by atoms with Crippen LogP contribution in [0.5, 0.6) is 0 Å². The molecule has 66 valence electrons. The molecule has 0 radical (unpaired) electrons. The van der Waals surface area contributed by atoms with E-state index in [0.29, 0.717) is 0 Å². The zero-order valence-electron chi connectivity index (χ0n) is 7.07. The van der Waals surface area contributed by atoms with Crippen LogP contribution in [0.25, 0.3) is 6.08 Å². The average Bonchev–Trinajstić information content (AvgIpc) is 2.46. The highest BCUT2D eigenvalue weighted by Crippen LogP contribution is 2.17. The zero-order chi connectivity index (χ0) is 9.84. The van der Waals surface area contributed by atoms with Gasteiger partial charge in [-0.05, 0) is 25.1 Å². The van der Waals surface area contributed by atoms with Crippen molar-refractivity contribution < 1.29 is 4.79 Å². The first-order valence-electron chi connectivity index (χ1n) is 3.61. The molecular formula is C9H8N2OS. The molecule has 1 heterocycles. The molecule has 1 amide bonds. The predicted molar refractivity (Wildman–Crippen MR) is 51.8 cm³/mol. The van der Waals surface area contributed by atoms with Gasteiger partial charge in [-0.3, -0.25) is 4.79 Å². The number of aryl methyl sites for hydroxylation is 1. The molecule has 4 heteroatoms. The third-order valence-electron chi connectivity index (χ3n) is 1.43. The van der Waals surface area contributed by atoms with Crippen molar-refractivity contribution in [3.05, 3.63) is 27.5 Å². The van der Waals surface area contributed by atoms with Crippen LogP contribution in [0, 0.1) is 18.3 Å². The molecule has 1 aromatic heterocycles. The fourth-order valence-electron chi connectivity index (χ4n) is 0.832. The molecule has 1 aromatic rings. The highest BCUT2D eigenvalue weighted by atomic mass is 32.1. The summed E-state index contributed by atoms with van der Waals surface area (Å²) in [7, 11) is 0. The van der Waals surface area contributed by atoms with Crippen molar-refractivity contribution in [3.8, 4) is 6.07 Å². The maximum Gasteiger partial charge on any atom is 0.259 e. The maximum atomic E-state index is 10.7. The number of hydrogen-bond donors (Lipinski definition) is 1. The maximum absolute atomic E-state index is 10.7. The summed E-state index contributed by atoms with van der Waals surface area (Å²) in [5.41, 5.74) is 4.96. The molecule has 0 aliphatic heterocycles. The number of carbonyl (C=O) groups is 1. The number of carbonyl (C=O) groups excluding carboxylic acids is 1. The van der Waals surface area contributed by atoms with Gasteiger partial charge in [0, 0.05) is 9.75 Å². The van der Waals surface area contributed by atoms with Gasteiger partial charge in [-0.1, -0.05) is 0 Å². The molecule has 0 aliphatic carbocycles. The molecule has 1 rings (SSSR count). The SMILES string of the molecule is Cc1ccc(/C=C(/C#N)C(N)=O)s1. The van der Waals surface area contributed by atoms with Gasteiger partial charge >= 0.3 is 0 Å². The van der Waals surface area contributed by atoms with Crippen molar-refractivity contribution >= 4 is 23.3 Å². The molecule has 0 bridgehead atoms. The summed E-state index contributed by atoms with van der Waals surface area (Å²) in [4.78, 5) is 12.7. The molecule has 0 atom stereocenters. The lowest BCUT2D eigenvalue weighted by Gasteiger charge is -1.88. The lowest BCUT2D eigenvalue weighted by molar-refractivity contribution is -0.114. The smallest absolute Gasteiger partial charge is 0.259 e. The summed E-state index contributed by atoms with van der Waals surface area (Å²) in [6.45, 7) is 1.96. The van der Waals surface area contributed by atoms with Gasteiger partial charge in [0.2, 0.25) is 0 Å². The van der Waals surface area contributed by atoms with Crippen molar-refractivity contribution in [1.29, 1.82) is 5.26 Å². The first-order valence-corrected chi connectivity index (χ1v) is 4.43. The van der Waals surface area contributed by atoms with Crippen LogP contribution in [0.2, 0.25) is 0 Å². The van der Waals surface area contributed by atoms with Gasteiger partial charge in [0.1, 0.15) is 11.6 Å². The van der Waals surface area contributed by atoms with E-state index in [1.807, 2.05) is 19.1 Å². The molecule has 0 saturated carbocycles. The van der Waals surface area contributed by atoms with Gasteiger partial charge in [-0.25, -0.2) is 0 Å². The molecule has 0 saturated heterocycles. The van der Waals surface area contributed by atoms with Crippen LogP contribution < -0.4 is 5.73 Å². The van der Waals surface area contributed by atoms with E-state index in [0.717, 1.165) is 9.75 Å². The minimum absolute atomic E-state index is 0.0122. The normalized spacial score (nSPS) is 10.9. The summed E-state index contributed by atoms with van der Waals surface area (Å²) >= 11 is 1.51. The summed E-state index contributed by atoms with van der Waals surface area (Å²) < 4.78 is 0. The van der Waals surface area contributed by atoms with Crippen LogP contribution in [0.3, 0.4) is 0 Å². The standard InChI is InChI=1S/C9H8N2OS/c1-6-2-3-8(13-6)4-7(5-10)9(11)12/h2-4H,1H3,(H2,11,12)/b7-4-. The molecule has 0 fully saturated rings. The molecule has 0 aliphatic rings. The van der Waals surface area contributed by atoms with Gasteiger partial charge in [0.25, 0.3) is 5.91 Å². The van der Waals surface area contributed by atoms with Gasteiger partial charge in [-0.15, -0.1) is 11.3 Å². The number of hydrogen-bond acceptors (Lipinski definition) is 3. The quantitative estimate of drug-likeness (QED) is 0.569. The molecule has 2 N–H and O–H groups in total. The molecule has 3 nitrogen and oxygen atoms in total. The van der Waals surface area contributed by atoms with E-state index < -0.39 is 5.91 Å². The molecule has 0 unspecified atom stereocenters. The van der Waals surface area contributed by atoms with E-state index in [9.17, 15) is 4.79 Å². The van der Waals surface area contributed by atoms with Crippen molar-refractivity contribution in [2.75, 3.05) is 0 Å². The summed E-state index contributed by atoms with van der Waals surface area (Å²) in [6, 6.07) is 5.52. The number of nitrogens with two attached hydrogens (primary N) is 1. The highest BCUT2D eigenvalue weighted by Gasteiger charge is 2.03. The Bertz CT molecular complexity index is 398. The van der Waals surface area contributed by atoms with Gasteiger partial charge in [0.15, 0.2) is 0 Å². The van der Waals surface area contributed by atoms with Crippen LogP contribution in [0.15, 0.2) is 17.7 Å². The van der Waals surface area contributed by atoms with Crippen LogP contribution in [0.1, 0.15) is 9.75 Å². The average molecular weight is 192 g/mol. The van der Waals surface area contributed by atoms with Crippen molar-refractivity contribution in [2.45, 2.75) is 6.92 Å². The predicted octanol–water partition coefficient (Wildman–Crippen LogP) is 1.45. The van der Waals surface area contributed by atoms with E-state index >= 15 is 0 Å². The minimum Gasteiger partial charge on any atom is -0.365 e. The van der Waals surface area contributed by atoms with Crippen LogP contribution in [-0.4, -0.2) is 5.91 Å². The van der Waals surface area contributed by atoms with E-state index in [-0.39, 0.29) is 5.57 Å². The Kier molecular flexibility index (Phi) is 2.83. The number of nitriles is 1. The van der Waals surface area contributed by atoms with E-state index in [1.54, 1.807) is 6.07 Å². The lowest BCUT2D eigenvalue weighted by atomic mass is 10.2. The number of thiophene rings is 1. The first kappa shape index (κ1) is 9.49. The number of rotatable bonds is 2. The number of primary amides is 1. The summed E-state index contributed by atoms with van der Waals surface area (Å²) in [6.07, 6.45) is 1.50. The van der Waals surface area contributed by atoms with Gasteiger partial charge < -0.3 is 5.73 Å². The Morgan fingerprint density at radius 3 is 2.77 bits per heavy atom. The van der Waals surface area contributed by atoms with E-state index in [1.165, 1.54) is 17.4 Å². The third kappa shape index (κ3) is 2.42. The Labute approximate surface area is 80.1 Å². The monoisotopic (exact) mass is 192 g/mol. The largest absolute Gasteiger partial charge is 0.365 e. The molecule has 0 spiro atoms.